The van der Waals surface area contributed by atoms with Gasteiger partial charge >= 0.3 is 0 Å². The molecular formula is C22H16N2O3. The highest BCUT2D eigenvalue weighted by molar-refractivity contribution is 6.22. The van der Waals surface area contributed by atoms with Crippen molar-refractivity contribution in [1.82, 2.24) is 4.90 Å². The Hall–Kier alpha value is -3.73. The van der Waals surface area contributed by atoms with Crippen molar-refractivity contribution in [2.24, 2.45) is 0 Å². The van der Waals surface area contributed by atoms with Crippen LogP contribution < -0.4 is 5.32 Å². The fourth-order valence-corrected chi connectivity index (χ4v) is 3.10. The SMILES string of the molecule is O=C(CN1C(=O)c2ccccc2C1=O)Nc1ccc(-c2ccccc2)cc1. The summed E-state index contributed by atoms with van der Waals surface area (Å²) in [5.41, 5.74) is 3.40. The summed E-state index contributed by atoms with van der Waals surface area (Å²) in [5, 5.41) is 2.73. The first-order valence-electron chi connectivity index (χ1n) is 8.54. The molecule has 27 heavy (non-hydrogen) atoms. The van der Waals surface area contributed by atoms with E-state index in [2.05, 4.69) is 5.32 Å². The van der Waals surface area contributed by atoms with Gasteiger partial charge < -0.3 is 5.32 Å². The van der Waals surface area contributed by atoms with Crippen LogP contribution in [0, 0.1) is 0 Å². The number of benzene rings is 3. The second-order valence-electron chi connectivity index (χ2n) is 6.23. The molecule has 0 saturated carbocycles. The van der Waals surface area contributed by atoms with Gasteiger partial charge in [0.2, 0.25) is 5.91 Å². The number of hydrogen-bond acceptors (Lipinski definition) is 3. The molecule has 132 valence electrons. The number of nitrogens with one attached hydrogen (secondary N) is 1. The first kappa shape index (κ1) is 16.7. The van der Waals surface area contributed by atoms with Crippen molar-refractivity contribution in [2.75, 3.05) is 11.9 Å². The van der Waals surface area contributed by atoms with Gasteiger partial charge in [-0.25, -0.2) is 0 Å². The van der Waals surface area contributed by atoms with Crippen LogP contribution in [0.3, 0.4) is 0 Å². The number of imide groups is 1. The molecule has 1 aliphatic heterocycles. The van der Waals surface area contributed by atoms with Gasteiger partial charge in [0.05, 0.1) is 11.1 Å². The van der Waals surface area contributed by atoms with Crippen LogP contribution in [0.1, 0.15) is 20.7 Å². The summed E-state index contributed by atoms with van der Waals surface area (Å²) in [6.07, 6.45) is 0. The van der Waals surface area contributed by atoms with Crippen molar-refractivity contribution < 1.29 is 14.4 Å². The van der Waals surface area contributed by atoms with Gasteiger partial charge in [-0.2, -0.15) is 0 Å². The van der Waals surface area contributed by atoms with Gasteiger partial charge in [0.25, 0.3) is 11.8 Å². The van der Waals surface area contributed by atoms with Gasteiger partial charge in [0.15, 0.2) is 0 Å². The maximum Gasteiger partial charge on any atom is 0.262 e. The standard InChI is InChI=1S/C22H16N2O3/c25-20(14-24-21(26)18-8-4-5-9-19(18)22(24)27)23-17-12-10-16(11-13-17)15-6-2-1-3-7-15/h1-13H,14H2,(H,23,25). The summed E-state index contributed by atoms with van der Waals surface area (Å²) >= 11 is 0. The van der Waals surface area contributed by atoms with E-state index in [1.165, 1.54) is 0 Å². The minimum absolute atomic E-state index is 0.313. The Kier molecular flexibility index (Phi) is 4.26. The molecule has 0 atom stereocenters. The van der Waals surface area contributed by atoms with Crippen LogP contribution in [0.15, 0.2) is 78.9 Å². The maximum atomic E-state index is 12.3. The van der Waals surface area contributed by atoms with Crippen LogP contribution in [-0.4, -0.2) is 29.2 Å². The zero-order chi connectivity index (χ0) is 18.8. The molecule has 0 radical (unpaired) electrons. The quantitative estimate of drug-likeness (QED) is 0.727. The predicted molar refractivity (Wildman–Crippen MR) is 102 cm³/mol. The number of hydrogen-bond donors (Lipinski definition) is 1. The lowest BCUT2D eigenvalue weighted by atomic mass is 10.1. The van der Waals surface area contributed by atoms with Crippen LogP contribution in [0.2, 0.25) is 0 Å². The van der Waals surface area contributed by atoms with E-state index in [4.69, 9.17) is 0 Å². The Morgan fingerprint density at radius 1 is 0.704 bits per heavy atom. The van der Waals surface area contributed by atoms with Crippen LogP contribution in [0.25, 0.3) is 11.1 Å². The number of carbonyl (C=O) groups is 3. The monoisotopic (exact) mass is 356 g/mol. The van der Waals surface area contributed by atoms with E-state index in [1.54, 1.807) is 36.4 Å². The number of carbonyl (C=O) groups excluding carboxylic acids is 3. The molecule has 1 N–H and O–H groups in total. The smallest absolute Gasteiger partial charge is 0.262 e. The lowest BCUT2D eigenvalue weighted by Gasteiger charge is -2.14. The van der Waals surface area contributed by atoms with Crippen LogP contribution in [0.5, 0.6) is 0 Å². The van der Waals surface area contributed by atoms with Crippen LogP contribution in [-0.2, 0) is 4.79 Å². The summed E-state index contributed by atoms with van der Waals surface area (Å²) in [6.45, 7) is -0.313. The van der Waals surface area contributed by atoms with Gasteiger partial charge in [-0.1, -0.05) is 54.6 Å². The number of fused-ring (bicyclic) bond motifs is 1. The summed E-state index contributed by atoms with van der Waals surface area (Å²) in [7, 11) is 0. The molecule has 3 amide bonds. The number of nitrogens with zero attached hydrogens (tertiary/aromatic N) is 1. The minimum atomic E-state index is -0.440. The molecule has 3 aromatic rings. The van der Waals surface area contributed by atoms with Gasteiger partial charge in [-0.3, -0.25) is 19.3 Å². The lowest BCUT2D eigenvalue weighted by Crippen LogP contribution is -2.37. The van der Waals surface area contributed by atoms with Crippen molar-refractivity contribution in [1.29, 1.82) is 0 Å². The fraction of sp³-hybridized carbons (Fsp3) is 0.0455. The number of anilines is 1. The molecule has 5 heteroatoms. The highest BCUT2D eigenvalue weighted by atomic mass is 16.2. The molecule has 0 unspecified atom stereocenters. The maximum absolute atomic E-state index is 12.3. The largest absolute Gasteiger partial charge is 0.325 e. The van der Waals surface area contributed by atoms with E-state index in [-0.39, 0.29) is 6.54 Å². The predicted octanol–water partition coefficient (Wildman–Crippen LogP) is 3.59. The molecule has 3 aromatic carbocycles. The van der Waals surface area contributed by atoms with Gasteiger partial charge in [0, 0.05) is 5.69 Å². The molecule has 1 heterocycles. The number of amides is 3. The molecule has 1 aliphatic rings. The van der Waals surface area contributed by atoms with Crippen molar-refractivity contribution in [3.63, 3.8) is 0 Å². The zero-order valence-corrected chi connectivity index (χ0v) is 14.4. The van der Waals surface area contributed by atoms with E-state index < -0.39 is 17.7 Å². The number of rotatable bonds is 4. The zero-order valence-electron chi connectivity index (χ0n) is 14.4. The topological polar surface area (TPSA) is 66.5 Å². The first-order valence-corrected chi connectivity index (χ1v) is 8.54. The van der Waals surface area contributed by atoms with Gasteiger partial charge in [-0.15, -0.1) is 0 Å². The Balaban J connectivity index is 1.43. The average molecular weight is 356 g/mol. The summed E-state index contributed by atoms with van der Waals surface area (Å²) < 4.78 is 0. The second kappa shape index (κ2) is 6.88. The van der Waals surface area contributed by atoms with E-state index >= 15 is 0 Å². The molecule has 0 aliphatic carbocycles. The third-order valence-corrected chi connectivity index (χ3v) is 4.46. The van der Waals surface area contributed by atoms with Gasteiger partial charge in [0.1, 0.15) is 6.54 Å². The molecule has 4 rings (SSSR count). The van der Waals surface area contributed by atoms with E-state index in [0.717, 1.165) is 16.0 Å². The molecule has 5 nitrogen and oxygen atoms in total. The van der Waals surface area contributed by atoms with E-state index in [1.807, 2.05) is 42.5 Å². The van der Waals surface area contributed by atoms with Crippen LogP contribution in [0.4, 0.5) is 5.69 Å². The highest BCUT2D eigenvalue weighted by Crippen LogP contribution is 2.23. The Morgan fingerprint density at radius 3 is 1.81 bits per heavy atom. The van der Waals surface area contributed by atoms with E-state index in [9.17, 15) is 14.4 Å². The Morgan fingerprint density at radius 2 is 1.22 bits per heavy atom. The highest BCUT2D eigenvalue weighted by Gasteiger charge is 2.36. The Bertz CT molecular complexity index is 992. The summed E-state index contributed by atoms with van der Waals surface area (Å²) in [6, 6.07) is 23.9. The summed E-state index contributed by atoms with van der Waals surface area (Å²) in [5.74, 6) is -1.30. The van der Waals surface area contributed by atoms with Crippen molar-refractivity contribution in [2.45, 2.75) is 0 Å². The fourth-order valence-electron chi connectivity index (χ4n) is 3.10. The molecule has 0 fully saturated rings. The van der Waals surface area contributed by atoms with Crippen molar-refractivity contribution in [3.8, 4) is 11.1 Å². The minimum Gasteiger partial charge on any atom is -0.325 e. The third kappa shape index (κ3) is 3.22. The summed E-state index contributed by atoms with van der Waals surface area (Å²) in [4.78, 5) is 37.9. The average Bonchev–Trinajstić information content (AvgIpc) is 2.94. The molecular weight excluding hydrogens is 340 g/mol. The molecule has 0 aromatic heterocycles. The first-order chi connectivity index (χ1) is 13.1. The lowest BCUT2D eigenvalue weighted by molar-refractivity contribution is -0.116. The van der Waals surface area contributed by atoms with E-state index in [0.29, 0.717) is 16.8 Å². The van der Waals surface area contributed by atoms with Crippen molar-refractivity contribution >= 4 is 23.4 Å². The van der Waals surface area contributed by atoms with Crippen molar-refractivity contribution in [3.05, 3.63) is 90.0 Å². The second-order valence-corrected chi connectivity index (χ2v) is 6.23. The molecule has 0 bridgehead atoms. The Labute approximate surface area is 156 Å². The molecule has 0 saturated heterocycles. The molecule has 0 spiro atoms. The third-order valence-electron chi connectivity index (χ3n) is 4.46. The van der Waals surface area contributed by atoms with Gasteiger partial charge in [-0.05, 0) is 35.4 Å². The van der Waals surface area contributed by atoms with Crippen LogP contribution >= 0.6 is 0 Å². The normalized spacial score (nSPS) is 12.8.